The molecule has 1 fully saturated rings. The molecule has 3 N–H and O–H groups in total. The average Bonchev–Trinajstić information content (AvgIpc) is 3.01. The van der Waals surface area contributed by atoms with Crippen LogP contribution in [0, 0.1) is 17.8 Å². The summed E-state index contributed by atoms with van der Waals surface area (Å²) in [6.45, 7) is 3.87. The SMILES string of the molecule is COC(=O)[C@H](C[C@@H]1CCCCC1=O)NC(=O)[C@@H](CC(=O)[C@H](Cc1ccc(O)cc1)NC(=O)OCc1ccccc1)CC(C)C. The Hall–Kier alpha value is -4.21. The number of esters is 1. The Morgan fingerprint density at radius 1 is 0.932 bits per heavy atom. The first-order valence-electron chi connectivity index (χ1n) is 15.2. The monoisotopic (exact) mass is 608 g/mol. The van der Waals surface area contributed by atoms with Gasteiger partial charge in [0.25, 0.3) is 0 Å². The summed E-state index contributed by atoms with van der Waals surface area (Å²) < 4.78 is 10.3. The van der Waals surface area contributed by atoms with Crippen molar-refractivity contribution in [1.82, 2.24) is 10.6 Å². The van der Waals surface area contributed by atoms with Gasteiger partial charge in [0.1, 0.15) is 24.2 Å². The van der Waals surface area contributed by atoms with E-state index >= 15 is 0 Å². The van der Waals surface area contributed by atoms with Crippen LogP contribution in [0.5, 0.6) is 5.75 Å². The Kier molecular flexibility index (Phi) is 13.4. The van der Waals surface area contributed by atoms with Crippen LogP contribution < -0.4 is 10.6 Å². The highest BCUT2D eigenvalue weighted by molar-refractivity contribution is 5.93. The second kappa shape index (κ2) is 17.2. The normalized spacial score (nSPS) is 16.8. The molecule has 0 radical (unpaired) electrons. The summed E-state index contributed by atoms with van der Waals surface area (Å²) in [5, 5.41) is 15.1. The molecule has 0 bridgehead atoms. The van der Waals surface area contributed by atoms with E-state index in [4.69, 9.17) is 9.47 Å². The number of ketones is 2. The van der Waals surface area contributed by atoms with Crippen molar-refractivity contribution < 1.29 is 38.6 Å². The van der Waals surface area contributed by atoms with E-state index in [0.717, 1.165) is 18.4 Å². The van der Waals surface area contributed by atoms with Crippen LogP contribution in [-0.2, 0) is 41.7 Å². The average molecular weight is 609 g/mol. The number of Topliss-reactive ketones (excluding diaryl/α,β-unsaturated/α-hetero) is 2. The number of carbonyl (C=O) groups excluding carboxylic acids is 5. The number of carbonyl (C=O) groups is 5. The molecule has 0 aliphatic heterocycles. The molecule has 1 aliphatic carbocycles. The molecule has 4 atom stereocenters. The van der Waals surface area contributed by atoms with E-state index in [1.165, 1.54) is 19.2 Å². The number of hydrogen-bond acceptors (Lipinski definition) is 8. The van der Waals surface area contributed by atoms with Gasteiger partial charge in [0.15, 0.2) is 5.78 Å². The molecule has 0 spiro atoms. The van der Waals surface area contributed by atoms with Crippen molar-refractivity contribution in [3.05, 3.63) is 65.7 Å². The number of rotatable bonds is 15. The number of phenols is 1. The third kappa shape index (κ3) is 11.1. The molecule has 44 heavy (non-hydrogen) atoms. The molecule has 2 aromatic rings. The molecular formula is C34H44N2O8. The number of methoxy groups -OCH3 is 1. The maximum absolute atomic E-state index is 13.7. The van der Waals surface area contributed by atoms with Gasteiger partial charge in [-0.05, 0) is 61.3 Å². The predicted octanol–water partition coefficient (Wildman–Crippen LogP) is 4.66. The van der Waals surface area contributed by atoms with Gasteiger partial charge in [-0.2, -0.15) is 0 Å². The molecule has 2 amide bonds. The van der Waals surface area contributed by atoms with Gasteiger partial charge in [0.05, 0.1) is 13.2 Å². The first-order chi connectivity index (χ1) is 21.0. The lowest BCUT2D eigenvalue weighted by Crippen LogP contribution is -2.48. The van der Waals surface area contributed by atoms with Crippen LogP contribution in [0.15, 0.2) is 54.6 Å². The minimum atomic E-state index is -1.01. The summed E-state index contributed by atoms with van der Waals surface area (Å²) in [5.74, 6) is -2.44. The highest BCUT2D eigenvalue weighted by atomic mass is 16.5. The largest absolute Gasteiger partial charge is 0.508 e. The Morgan fingerprint density at radius 3 is 2.27 bits per heavy atom. The molecule has 238 valence electrons. The zero-order valence-electron chi connectivity index (χ0n) is 25.8. The lowest BCUT2D eigenvalue weighted by atomic mass is 9.83. The minimum Gasteiger partial charge on any atom is -0.508 e. The van der Waals surface area contributed by atoms with Crippen molar-refractivity contribution in [2.45, 2.75) is 83.9 Å². The van der Waals surface area contributed by atoms with E-state index in [1.807, 2.05) is 44.2 Å². The van der Waals surface area contributed by atoms with Crippen molar-refractivity contribution in [2.75, 3.05) is 7.11 Å². The van der Waals surface area contributed by atoms with Crippen LogP contribution in [-0.4, -0.2) is 53.8 Å². The number of amides is 2. The number of ether oxygens (including phenoxy) is 2. The Bertz CT molecular complexity index is 1260. The zero-order chi connectivity index (χ0) is 32.1. The smallest absolute Gasteiger partial charge is 0.408 e. The van der Waals surface area contributed by atoms with Crippen LogP contribution in [0.2, 0.25) is 0 Å². The molecule has 1 aliphatic rings. The van der Waals surface area contributed by atoms with Gasteiger partial charge >= 0.3 is 12.1 Å². The van der Waals surface area contributed by atoms with Crippen LogP contribution in [0.3, 0.4) is 0 Å². The quantitative estimate of drug-likeness (QED) is 0.247. The number of alkyl carbamates (subject to hydrolysis) is 1. The van der Waals surface area contributed by atoms with E-state index in [0.29, 0.717) is 24.8 Å². The number of phenolic OH excluding ortho intramolecular Hbond substituents is 1. The Labute approximate surface area is 258 Å². The predicted molar refractivity (Wildman–Crippen MR) is 163 cm³/mol. The van der Waals surface area contributed by atoms with Crippen molar-refractivity contribution in [2.24, 2.45) is 17.8 Å². The minimum absolute atomic E-state index is 0.0174. The molecule has 0 heterocycles. The third-order valence-corrected chi connectivity index (χ3v) is 7.85. The summed E-state index contributed by atoms with van der Waals surface area (Å²) in [6, 6.07) is 13.4. The van der Waals surface area contributed by atoms with Crippen molar-refractivity contribution in [3.8, 4) is 5.75 Å². The second-order valence-corrected chi connectivity index (χ2v) is 11.9. The number of nitrogens with one attached hydrogen (secondary N) is 2. The first-order valence-corrected chi connectivity index (χ1v) is 15.2. The summed E-state index contributed by atoms with van der Waals surface area (Å²) in [7, 11) is 1.23. The standard InChI is InChI=1S/C34H44N2O8/c1-22(2)17-26(32(40)35-29(33(41)43-3)19-25-11-7-8-12-30(25)38)20-31(39)28(18-23-13-15-27(37)16-14-23)36-34(42)44-21-24-9-5-4-6-10-24/h4-6,9-10,13-16,22,25-26,28-29,37H,7-8,11-12,17-21H2,1-3H3,(H,35,40)(H,36,42)/t25-,26+,28-,29-/m0/s1. The van der Waals surface area contributed by atoms with Gasteiger partial charge < -0.3 is 25.2 Å². The van der Waals surface area contributed by atoms with Crippen LogP contribution in [0.25, 0.3) is 0 Å². The molecule has 10 heteroatoms. The molecule has 0 aromatic heterocycles. The zero-order valence-corrected chi connectivity index (χ0v) is 25.8. The van der Waals surface area contributed by atoms with Gasteiger partial charge in [0.2, 0.25) is 5.91 Å². The van der Waals surface area contributed by atoms with Gasteiger partial charge in [-0.15, -0.1) is 0 Å². The fraction of sp³-hybridized carbons (Fsp3) is 0.500. The van der Waals surface area contributed by atoms with E-state index < -0.39 is 36.0 Å². The van der Waals surface area contributed by atoms with Crippen molar-refractivity contribution in [1.29, 1.82) is 0 Å². The van der Waals surface area contributed by atoms with E-state index in [1.54, 1.807) is 12.1 Å². The highest BCUT2D eigenvalue weighted by Gasteiger charge is 2.34. The topological polar surface area (TPSA) is 148 Å². The Morgan fingerprint density at radius 2 is 1.64 bits per heavy atom. The fourth-order valence-electron chi connectivity index (χ4n) is 5.49. The Balaban J connectivity index is 1.74. The maximum atomic E-state index is 13.7. The molecule has 0 saturated heterocycles. The third-order valence-electron chi connectivity index (χ3n) is 7.85. The molecule has 1 saturated carbocycles. The number of aromatic hydroxyl groups is 1. The molecular weight excluding hydrogens is 564 g/mol. The van der Waals surface area contributed by atoms with E-state index in [2.05, 4.69) is 10.6 Å². The molecule has 3 rings (SSSR count). The summed E-state index contributed by atoms with van der Waals surface area (Å²) >= 11 is 0. The van der Waals surface area contributed by atoms with Crippen molar-refractivity contribution in [3.63, 3.8) is 0 Å². The number of benzene rings is 2. The van der Waals surface area contributed by atoms with Gasteiger partial charge in [-0.1, -0.05) is 62.7 Å². The van der Waals surface area contributed by atoms with E-state index in [9.17, 15) is 29.1 Å². The maximum Gasteiger partial charge on any atom is 0.408 e. The lowest BCUT2D eigenvalue weighted by Gasteiger charge is -2.27. The van der Waals surface area contributed by atoms with Gasteiger partial charge in [-0.3, -0.25) is 14.4 Å². The molecule has 2 aromatic carbocycles. The van der Waals surface area contributed by atoms with Gasteiger partial charge in [-0.25, -0.2) is 9.59 Å². The fourth-order valence-corrected chi connectivity index (χ4v) is 5.49. The molecule has 10 nitrogen and oxygen atoms in total. The van der Waals surface area contributed by atoms with Crippen LogP contribution in [0.4, 0.5) is 4.79 Å². The highest BCUT2D eigenvalue weighted by Crippen LogP contribution is 2.26. The lowest BCUT2D eigenvalue weighted by molar-refractivity contribution is -0.146. The van der Waals surface area contributed by atoms with Crippen LogP contribution in [0.1, 0.15) is 69.9 Å². The summed E-state index contributed by atoms with van der Waals surface area (Å²) in [4.78, 5) is 65.1. The second-order valence-electron chi connectivity index (χ2n) is 11.9. The number of hydrogen-bond donors (Lipinski definition) is 3. The van der Waals surface area contributed by atoms with Gasteiger partial charge in [0, 0.05) is 24.7 Å². The molecule has 0 unspecified atom stereocenters. The summed E-state index contributed by atoms with van der Waals surface area (Å²) in [6.07, 6.45) is 2.47. The summed E-state index contributed by atoms with van der Waals surface area (Å²) in [5.41, 5.74) is 1.48. The van der Waals surface area contributed by atoms with E-state index in [-0.39, 0.29) is 55.0 Å². The first kappa shape index (κ1) is 34.3. The van der Waals surface area contributed by atoms with Crippen molar-refractivity contribution >= 4 is 29.5 Å². The van der Waals surface area contributed by atoms with Crippen LogP contribution >= 0.6 is 0 Å².